The van der Waals surface area contributed by atoms with Crippen LogP contribution in [0.5, 0.6) is 11.5 Å². The molecule has 1 fully saturated rings. The number of thioether (sulfide) groups is 1. The molecule has 4 rings (SSSR count). The highest BCUT2D eigenvalue weighted by atomic mass is 32.2. The van der Waals surface area contributed by atoms with E-state index in [1.54, 1.807) is 24.3 Å². The van der Waals surface area contributed by atoms with Crippen molar-refractivity contribution in [3.05, 3.63) is 95.8 Å². The summed E-state index contributed by atoms with van der Waals surface area (Å²) in [4.78, 5) is 28.1. The molecule has 6 nitrogen and oxygen atoms in total. The summed E-state index contributed by atoms with van der Waals surface area (Å²) in [6, 6.07) is 21.9. The average Bonchev–Trinajstić information content (AvgIpc) is 2.91. The third-order valence-corrected chi connectivity index (χ3v) is 6.88. The summed E-state index contributed by atoms with van der Waals surface area (Å²) >= 11 is 1.89. The number of carbonyl (C=O) groups excluding carboxylic acids is 2. The van der Waals surface area contributed by atoms with Crippen molar-refractivity contribution in [2.75, 3.05) is 37.7 Å². The largest absolute Gasteiger partial charge is 0.457 e. The Bertz CT molecular complexity index is 1140. The molecule has 194 valence electrons. The molecule has 1 aliphatic rings. The first-order valence-electron chi connectivity index (χ1n) is 12.3. The van der Waals surface area contributed by atoms with Crippen LogP contribution >= 0.6 is 11.8 Å². The molecule has 37 heavy (non-hydrogen) atoms. The molecule has 1 amide bonds. The lowest BCUT2D eigenvalue weighted by Crippen LogP contribution is -2.49. The maximum Gasteiger partial charge on any atom is 0.234 e. The van der Waals surface area contributed by atoms with Gasteiger partial charge in [-0.15, -0.1) is 0 Å². The quantitative estimate of drug-likeness (QED) is 0.378. The fourth-order valence-corrected chi connectivity index (χ4v) is 4.90. The van der Waals surface area contributed by atoms with Gasteiger partial charge in [0.1, 0.15) is 23.4 Å². The van der Waals surface area contributed by atoms with Crippen molar-refractivity contribution in [2.45, 2.75) is 19.1 Å². The third-order valence-electron chi connectivity index (χ3n) is 5.94. The molecule has 1 aliphatic heterocycles. The lowest BCUT2D eigenvalue weighted by Gasteiger charge is -2.26. The lowest BCUT2D eigenvalue weighted by molar-refractivity contribution is -0.129. The Hall–Kier alpha value is -3.20. The highest BCUT2D eigenvalue weighted by molar-refractivity contribution is 7.99. The van der Waals surface area contributed by atoms with Crippen molar-refractivity contribution in [3.63, 3.8) is 0 Å². The second-order valence-electron chi connectivity index (χ2n) is 8.85. The SMILES string of the molecule is O=C(CN1CCSCC1)N[C@@H](COCc1ccccc1)C(=O)Cc1ccc(Oc2ccc(F)cc2)cc1. The molecule has 0 radical (unpaired) electrons. The van der Waals surface area contributed by atoms with Crippen molar-refractivity contribution >= 4 is 23.5 Å². The van der Waals surface area contributed by atoms with E-state index >= 15 is 0 Å². The Morgan fingerprint density at radius 2 is 1.54 bits per heavy atom. The lowest BCUT2D eigenvalue weighted by atomic mass is 10.0. The molecule has 1 N–H and O–H groups in total. The van der Waals surface area contributed by atoms with Crippen LogP contribution in [-0.2, 0) is 27.4 Å². The van der Waals surface area contributed by atoms with E-state index in [0.29, 0.717) is 18.1 Å². The van der Waals surface area contributed by atoms with Gasteiger partial charge in [-0.3, -0.25) is 14.5 Å². The Morgan fingerprint density at radius 1 is 0.892 bits per heavy atom. The molecule has 0 bridgehead atoms. The minimum absolute atomic E-state index is 0.0983. The van der Waals surface area contributed by atoms with Crippen molar-refractivity contribution in [1.82, 2.24) is 10.2 Å². The minimum Gasteiger partial charge on any atom is -0.457 e. The zero-order valence-corrected chi connectivity index (χ0v) is 21.4. The number of Topliss-reactive ketones (excluding diaryl/α,β-unsaturated/α-hetero) is 1. The van der Waals surface area contributed by atoms with Crippen molar-refractivity contribution in [2.24, 2.45) is 0 Å². The van der Waals surface area contributed by atoms with Crippen LogP contribution in [0.4, 0.5) is 4.39 Å². The minimum atomic E-state index is -0.745. The molecular weight excluding hydrogens is 491 g/mol. The number of benzene rings is 3. The number of nitrogens with one attached hydrogen (secondary N) is 1. The number of amides is 1. The second kappa shape index (κ2) is 13.9. The standard InChI is InChI=1S/C29H31FN2O4S/c30-24-8-12-26(13-9-24)36-25-10-6-22(7-11-25)18-28(33)27(21-35-20-23-4-2-1-3-5-23)31-29(34)19-32-14-16-37-17-15-32/h1-13,27H,14-21H2,(H,31,34)/t27-/m0/s1. The van der Waals surface area contributed by atoms with Gasteiger partial charge in [-0.05, 0) is 47.5 Å². The number of halogens is 1. The van der Waals surface area contributed by atoms with E-state index in [0.717, 1.165) is 35.7 Å². The fourth-order valence-electron chi connectivity index (χ4n) is 3.92. The second-order valence-corrected chi connectivity index (χ2v) is 10.1. The average molecular weight is 523 g/mol. The van der Waals surface area contributed by atoms with Crippen LogP contribution in [0.25, 0.3) is 0 Å². The van der Waals surface area contributed by atoms with Crippen LogP contribution in [-0.4, -0.2) is 60.4 Å². The number of ketones is 1. The van der Waals surface area contributed by atoms with Gasteiger partial charge < -0.3 is 14.8 Å². The Kier molecular flexibility index (Phi) is 10.1. The number of carbonyl (C=O) groups is 2. The van der Waals surface area contributed by atoms with Gasteiger partial charge in [0.2, 0.25) is 5.91 Å². The van der Waals surface area contributed by atoms with E-state index in [1.807, 2.05) is 54.2 Å². The maximum atomic E-state index is 13.2. The maximum absolute atomic E-state index is 13.2. The number of hydrogen-bond acceptors (Lipinski definition) is 6. The summed E-state index contributed by atoms with van der Waals surface area (Å²) in [6.07, 6.45) is 0.150. The van der Waals surface area contributed by atoms with E-state index in [9.17, 15) is 14.0 Å². The van der Waals surface area contributed by atoms with Crippen LogP contribution in [0.3, 0.4) is 0 Å². The molecule has 0 spiro atoms. The van der Waals surface area contributed by atoms with E-state index in [2.05, 4.69) is 10.2 Å². The third kappa shape index (κ3) is 9.00. The van der Waals surface area contributed by atoms with Crippen LogP contribution in [0, 0.1) is 5.82 Å². The molecule has 0 saturated carbocycles. The predicted octanol–water partition coefficient (Wildman–Crippen LogP) is 4.48. The number of nitrogens with zero attached hydrogens (tertiary/aromatic N) is 1. The van der Waals surface area contributed by atoms with Crippen LogP contribution in [0.15, 0.2) is 78.9 Å². The van der Waals surface area contributed by atoms with Gasteiger partial charge in [-0.2, -0.15) is 11.8 Å². The first-order chi connectivity index (χ1) is 18.0. The molecule has 3 aromatic carbocycles. The monoisotopic (exact) mass is 522 g/mol. The smallest absolute Gasteiger partial charge is 0.234 e. The van der Waals surface area contributed by atoms with Crippen molar-refractivity contribution in [3.8, 4) is 11.5 Å². The van der Waals surface area contributed by atoms with E-state index in [4.69, 9.17) is 9.47 Å². The molecule has 8 heteroatoms. The molecule has 0 aliphatic carbocycles. The summed E-state index contributed by atoms with van der Waals surface area (Å²) in [5, 5.41) is 2.90. The molecule has 0 aromatic heterocycles. The zero-order valence-electron chi connectivity index (χ0n) is 20.6. The number of rotatable bonds is 12. The molecular formula is C29H31FN2O4S. The summed E-state index contributed by atoms with van der Waals surface area (Å²) in [7, 11) is 0. The first kappa shape index (κ1) is 26.9. The van der Waals surface area contributed by atoms with Gasteiger partial charge in [0.05, 0.1) is 19.8 Å². The van der Waals surface area contributed by atoms with Gasteiger partial charge in [0.25, 0.3) is 0 Å². The molecule has 1 atom stereocenters. The Balaban J connectivity index is 1.34. The topological polar surface area (TPSA) is 67.9 Å². The Morgan fingerprint density at radius 3 is 2.22 bits per heavy atom. The molecule has 1 saturated heterocycles. The van der Waals surface area contributed by atoms with Crippen molar-refractivity contribution in [1.29, 1.82) is 0 Å². The van der Waals surface area contributed by atoms with Crippen molar-refractivity contribution < 1.29 is 23.5 Å². The molecule has 1 heterocycles. The zero-order chi connectivity index (χ0) is 25.9. The van der Waals surface area contributed by atoms with Gasteiger partial charge >= 0.3 is 0 Å². The number of ether oxygens (including phenoxy) is 2. The van der Waals surface area contributed by atoms with E-state index < -0.39 is 6.04 Å². The summed E-state index contributed by atoms with van der Waals surface area (Å²) in [6.45, 7) is 2.47. The van der Waals surface area contributed by atoms with Crippen LogP contribution < -0.4 is 10.1 Å². The summed E-state index contributed by atoms with van der Waals surface area (Å²) < 4.78 is 24.7. The summed E-state index contributed by atoms with van der Waals surface area (Å²) in [5.41, 5.74) is 1.80. The first-order valence-corrected chi connectivity index (χ1v) is 13.5. The predicted molar refractivity (Wildman–Crippen MR) is 143 cm³/mol. The molecule has 3 aromatic rings. The van der Waals surface area contributed by atoms with E-state index in [1.165, 1.54) is 12.1 Å². The van der Waals surface area contributed by atoms with E-state index in [-0.39, 0.29) is 37.1 Å². The van der Waals surface area contributed by atoms with Crippen LogP contribution in [0.2, 0.25) is 0 Å². The summed E-state index contributed by atoms with van der Waals surface area (Å²) in [5.74, 6) is 2.51. The number of hydrogen-bond donors (Lipinski definition) is 1. The highest BCUT2D eigenvalue weighted by Crippen LogP contribution is 2.22. The van der Waals surface area contributed by atoms with Gasteiger partial charge in [0.15, 0.2) is 5.78 Å². The highest BCUT2D eigenvalue weighted by Gasteiger charge is 2.23. The molecule has 0 unspecified atom stereocenters. The van der Waals surface area contributed by atoms with Gasteiger partial charge in [0, 0.05) is 31.0 Å². The normalized spacial score (nSPS) is 14.6. The van der Waals surface area contributed by atoms with Crippen LogP contribution in [0.1, 0.15) is 11.1 Å². The van der Waals surface area contributed by atoms with Gasteiger partial charge in [-0.25, -0.2) is 4.39 Å². The fraction of sp³-hybridized carbons (Fsp3) is 0.310. The van der Waals surface area contributed by atoms with Gasteiger partial charge in [-0.1, -0.05) is 42.5 Å². The Labute approximate surface area is 221 Å².